The van der Waals surface area contributed by atoms with Crippen molar-refractivity contribution < 1.29 is 19.1 Å². The summed E-state index contributed by atoms with van der Waals surface area (Å²) in [5.74, 6) is 1.42. The van der Waals surface area contributed by atoms with Gasteiger partial charge in [-0.2, -0.15) is 0 Å². The Balaban J connectivity index is 1.15. The summed E-state index contributed by atoms with van der Waals surface area (Å²) in [5, 5.41) is 0. The fourth-order valence-electron chi connectivity index (χ4n) is 4.56. The van der Waals surface area contributed by atoms with Crippen molar-refractivity contribution in [1.82, 2.24) is 14.7 Å². The zero-order valence-electron chi connectivity index (χ0n) is 20.0. The first-order valence-electron chi connectivity index (χ1n) is 12.3. The van der Waals surface area contributed by atoms with Crippen LogP contribution in [0.3, 0.4) is 0 Å². The number of carbonyl (C=O) groups is 2. The molecule has 0 aromatic heterocycles. The number of Topliss-reactive ketones (excluding diaryl/α,β-unsaturated/α-hetero) is 1. The molecule has 0 spiro atoms. The number of ether oxygens (including phenoxy) is 2. The second-order valence-electron chi connectivity index (χ2n) is 9.12. The normalized spacial score (nSPS) is 19.2. The van der Waals surface area contributed by atoms with Crippen LogP contribution in [0.1, 0.15) is 36.5 Å². The minimum atomic E-state index is -0.345. The van der Waals surface area contributed by atoms with Crippen LogP contribution in [-0.2, 0) is 0 Å². The van der Waals surface area contributed by atoms with Crippen LogP contribution in [0, 0.1) is 0 Å². The molecule has 1 atom stereocenters. The van der Waals surface area contributed by atoms with E-state index in [1.54, 1.807) is 17.0 Å². The summed E-state index contributed by atoms with van der Waals surface area (Å²) in [5.41, 5.74) is 0.684. The third-order valence-corrected chi connectivity index (χ3v) is 6.67. The van der Waals surface area contributed by atoms with Gasteiger partial charge in [-0.25, -0.2) is 4.79 Å². The number of benzene rings is 2. The molecule has 2 aliphatic rings. The number of rotatable bonds is 9. The molecule has 1 unspecified atom stereocenters. The van der Waals surface area contributed by atoms with E-state index in [0.717, 1.165) is 18.7 Å². The van der Waals surface area contributed by atoms with Crippen molar-refractivity contribution in [3.63, 3.8) is 0 Å². The van der Waals surface area contributed by atoms with Gasteiger partial charge < -0.3 is 19.3 Å². The van der Waals surface area contributed by atoms with Gasteiger partial charge in [0.2, 0.25) is 0 Å². The number of nitrogens with zero attached hydrogens (tertiary/aromatic N) is 3. The highest BCUT2D eigenvalue weighted by molar-refractivity contribution is 5.97. The third kappa shape index (κ3) is 6.81. The molecule has 2 heterocycles. The van der Waals surface area contributed by atoms with Crippen molar-refractivity contribution in [2.75, 3.05) is 52.4 Å². The lowest BCUT2D eigenvalue weighted by atomic mass is 10.1. The number of ketones is 1. The van der Waals surface area contributed by atoms with E-state index < -0.39 is 0 Å². The van der Waals surface area contributed by atoms with Crippen LogP contribution in [0.25, 0.3) is 0 Å². The van der Waals surface area contributed by atoms with Gasteiger partial charge >= 0.3 is 6.09 Å². The number of likely N-dealkylation sites (tertiary alicyclic amines) is 1. The van der Waals surface area contributed by atoms with Gasteiger partial charge in [0.15, 0.2) is 5.78 Å². The minimum Gasteiger partial charge on any atom is -0.494 e. The Morgan fingerprint density at radius 3 is 2.32 bits per heavy atom. The average Bonchev–Trinajstić information content (AvgIpc) is 3.27. The number of hydrogen-bond acceptors (Lipinski definition) is 6. The molecule has 0 radical (unpaired) electrons. The van der Waals surface area contributed by atoms with Gasteiger partial charge in [0.05, 0.1) is 13.2 Å². The van der Waals surface area contributed by atoms with Crippen molar-refractivity contribution in [3.05, 3.63) is 60.2 Å². The lowest BCUT2D eigenvalue weighted by Crippen LogP contribution is -2.50. The molecule has 0 saturated carbocycles. The predicted molar refractivity (Wildman–Crippen MR) is 132 cm³/mol. The number of para-hydroxylation sites is 1. The van der Waals surface area contributed by atoms with E-state index in [-0.39, 0.29) is 11.9 Å². The SMILES string of the molecule is CC1CCCN1CCCOc1ccc(C(=O)CN2CCN(C(=O)Oc3ccccc3)CC2)cc1. The van der Waals surface area contributed by atoms with Gasteiger partial charge in [-0.1, -0.05) is 18.2 Å². The second-order valence-corrected chi connectivity index (χ2v) is 9.12. The number of carbonyl (C=O) groups excluding carboxylic acids is 2. The Morgan fingerprint density at radius 1 is 0.912 bits per heavy atom. The zero-order valence-corrected chi connectivity index (χ0v) is 20.0. The Bertz CT molecular complexity index is 927. The standard InChI is InChI=1S/C27H35N3O4/c1-22-7-5-14-29(22)15-6-20-33-24-12-10-23(11-13-24)26(31)21-28-16-18-30(19-17-28)27(32)34-25-8-3-2-4-9-25/h2-4,8-13,22H,5-7,14-21H2,1H3. The maximum Gasteiger partial charge on any atom is 0.415 e. The van der Waals surface area contributed by atoms with Crippen molar-refractivity contribution in [3.8, 4) is 11.5 Å². The largest absolute Gasteiger partial charge is 0.494 e. The fourth-order valence-corrected chi connectivity index (χ4v) is 4.56. The number of hydrogen-bond donors (Lipinski definition) is 0. The third-order valence-electron chi connectivity index (χ3n) is 6.67. The number of piperazine rings is 1. The Hall–Kier alpha value is -2.90. The maximum absolute atomic E-state index is 12.7. The van der Waals surface area contributed by atoms with E-state index in [9.17, 15) is 9.59 Å². The molecule has 7 heteroatoms. The van der Waals surface area contributed by atoms with Crippen LogP contribution in [0.15, 0.2) is 54.6 Å². The molecule has 34 heavy (non-hydrogen) atoms. The van der Waals surface area contributed by atoms with E-state index in [0.29, 0.717) is 56.7 Å². The highest BCUT2D eigenvalue weighted by Gasteiger charge is 2.24. The quantitative estimate of drug-likeness (QED) is 0.413. The van der Waals surface area contributed by atoms with Gasteiger partial charge in [0.1, 0.15) is 11.5 Å². The molecule has 1 amide bonds. The van der Waals surface area contributed by atoms with E-state index >= 15 is 0 Å². The Labute approximate surface area is 202 Å². The first kappa shape index (κ1) is 24.2. The van der Waals surface area contributed by atoms with Crippen molar-refractivity contribution in [2.45, 2.75) is 32.2 Å². The summed E-state index contributed by atoms with van der Waals surface area (Å²) in [6, 6.07) is 17.2. The molecule has 0 aliphatic carbocycles. The molecule has 2 aromatic carbocycles. The summed E-state index contributed by atoms with van der Waals surface area (Å²) >= 11 is 0. The van der Waals surface area contributed by atoms with E-state index in [1.807, 2.05) is 42.5 Å². The molecule has 2 fully saturated rings. The molecule has 0 N–H and O–H groups in total. The maximum atomic E-state index is 12.7. The molecule has 182 valence electrons. The van der Waals surface area contributed by atoms with Gasteiger partial charge in [0.25, 0.3) is 0 Å². The molecule has 2 aromatic rings. The van der Waals surface area contributed by atoms with Crippen LogP contribution < -0.4 is 9.47 Å². The lowest BCUT2D eigenvalue weighted by Gasteiger charge is -2.33. The summed E-state index contributed by atoms with van der Waals surface area (Å²) in [6.45, 7) is 7.98. The predicted octanol–water partition coefficient (Wildman–Crippen LogP) is 3.94. The molecule has 0 bridgehead atoms. The van der Waals surface area contributed by atoms with Gasteiger partial charge in [-0.15, -0.1) is 0 Å². The minimum absolute atomic E-state index is 0.0786. The molecule has 2 aliphatic heterocycles. The average molecular weight is 466 g/mol. The second kappa shape index (κ2) is 12.0. The van der Waals surface area contributed by atoms with Crippen LogP contribution in [0.5, 0.6) is 11.5 Å². The highest BCUT2D eigenvalue weighted by Crippen LogP contribution is 2.18. The van der Waals surface area contributed by atoms with Crippen molar-refractivity contribution >= 4 is 11.9 Å². The zero-order chi connectivity index (χ0) is 23.8. The topological polar surface area (TPSA) is 62.3 Å². The lowest BCUT2D eigenvalue weighted by molar-refractivity contribution is 0.0845. The Kier molecular flexibility index (Phi) is 8.55. The fraction of sp³-hybridized carbons (Fsp3) is 0.481. The molecule has 2 saturated heterocycles. The van der Waals surface area contributed by atoms with Crippen molar-refractivity contribution in [2.24, 2.45) is 0 Å². The smallest absolute Gasteiger partial charge is 0.415 e. The van der Waals surface area contributed by atoms with Crippen LogP contribution in [0.4, 0.5) is 4.79 Å². The first-order valence-corrected chi connectivity index (χ1v) is 12.3. The van der Waals surface area contributed by atoms with Crippen LogP contribution >= 0.6 is 0 Å². The van der Waals surface area contributed by atoms with Gasteiger partial charge in [-0.05, 0) is 69.1 Å². The van der Waals surface area contributed by atoms with Gasteiger partial charge in [0, 0.05) is 44.3 Å². The monoisotopic (exact) mass is 465 g/mol. The summed E-state index contributed by atoms with van der Waals surface area (Å²) in [7, 11) is 0. The molecular weight excluding hydrogens is 430 g/mol. The summed E-state index contributed by atoms with van der Waals surface area (Å²) < 4.78 is 11.3. The summed E-state index contributed by atoms with van der Waals surface area (Å²) in [4.78, 5) is 31.3. The first-order chi connectivity index (χ1) is 16.6. The van der Waals surface area contributed by atoms with E-state index in [1.165, 1.54) is 19.4 Å². The summed E-state index contributed by atoms with van der Waals surface area (Å²) in [6.07, 6.45) is 3.26. The van der Waals surface area contributed by atoms with Crippen LogP contribution in [-0.4, -0.2) is 85.0 Å². The van der Waals surface area contributed by atoms with Crippen molar-refractivity contribution in [1.29, 1.82) is 0 Å². The number of amides is 1. The molecular formula is C27H35N3O4. The van der Waals surface area contributed by atoms with E-state index in [2.05, 4.69) is 16.7 Å². The Morgan fingerprint density at radius 2 is 1.65 bits per heavy atom. The molecule has 7 nitrogen and oxygen atoms in total. The van der Waals surface area contributed by atoms with Gasteiger partial charge in [-0.3, -0.25) is 9.69 Å². The molecule has 4 rings (SSSR count). The highest BCUT2D eigenvalue weighted by atomic mass is 16.6. The van der Waals surface area contributed by atoms with E-state index in [4.69, 9.17) is 9.47 Å². The van der Waals surface area contributed by atoms with Crippen LogP contribution in [0.2, 0.25) is 0 Å².